The number of aromatic nitrogens is 4. The molecule has 0 aliphatic rings. The van der Waals surface area contributed by atoms with Gasteiger partial charge in [0.05, 0.1) is 10.6 Å². The summed E-state index contributed by atoms with van der Waals surface area (Å²) >= 11 is 0. The predicted molar refractivity (Wildman–Crippen MR) is 133 cm³/mol. The normalized spacial score (nSPS) is 11.8. The Morgan fingerprint density at radius 1 is 1.18 bits per heavy atom. The number of aromatic amines is 1. The van der Waals surface area contributed by atoms with E-state index in [1.807, 2.05) is 0 Å². The van der Waals surface area contributed by atoms with E-state index in [9.17, 15) is 19.7 Å². The molecule has 0 saturated carbocycles. The zero-order valence-corrected chi connectivity index (χ0v) is 19.8. The number of nitrogens with one attached hydrogen (secondary N) is 2. The smallest absolute Gasteiger partial charge is 0.303 e. The minimum atomic E-state index is -0.541. The molecule has 34 heavy (non-hydrogen) atoms. The largest absolute Gasteiger partial charge is 0.329 e. The monoisotopic (exact) mass is 469 g/mol. The van der Waals surface area contributed by atoms with Crippen molar-refractivity contribution in [3.05, 3.63) is 60.8 Å². The molecule has 0 aliphatic carbocycles. The average Bonchev–Trinajstić information content (AvgIpc) is 3.19. The molecule has 3 rings (SSSR count). The van der Waals surface area contributed by atoms with E-state index in [1.54, 1.807) is 30.7 Å². The molecule has 1 aromatic carbocycles. The van der Waals surface area contributed by atoms with Crippen molar-refractivity contribution in [1.82, 2.24) is 19.1 Å². The second kappa shape index (κ2) is 11.4. The number of nitro benzene ring substituents is 1. The highest BCUT2D eigenvalue weighted by Crippen LogP contribution is 2.19. The number of imidazole rings is 1. The lowest BCUT2D eigenvalue weighted by Crippen LogP contribution is -2.29. The molecule has 0 aliphatic heterocycles. The first-order chi connectivity index (χ1) is 16.3. The van der Waals surface area contributed by atoms with E-state index in [1.165, 1.54) is 42.4 Å². The van der Waals surface area contributed by atoms with Crippen LogP contribution in [0, 0.1) is 10.1 Å². The van der Waals surface area contributed by atoms with E-state index in [0.29, 0.717) is 29.3 Å². The van der Waals surface area contributed by atoms with E-state index < -0.39 is 16.2 Å². The second-order valence-electron chi connectivity index (χ2n) is 8.32. The topological polar surface area (TPSA) is 140 Å². The van der Waals surface area contributed by atoms with E-state index in [2.05, 4.69) is 27.4 Å². The number of hydrogen-bond donors (Lipinski definition) is 2. The molecule has 0 saturated heterocycles. The van der Waals surface area contributed by atoms with Gasteiger partial charge in [-0.3, -0.25) is 24.5 Å². The highest BCUT2D eigenvalue weighted by atomic mass is 16.6. The molecule has 2 N–H and O–H groups in total. The van der Waals surface area contributed by atoms with E-state index in [4.69, 9.17) is 0 Å². The van der Waals surface area contributed by atoms with Gasteiger partial charge in [0.25, 0.3) is 11.2 Å². The van der Waals surface area contributed by atoms with Gasteiger partial charge in [-0.1, -0.05) is 57.6 Å². The number of H-pyrrole nitrogens is 1. The quantitative estimate of drug-likeness (QED) is 0.178. The molecule has 3 aromatic rings. The summed E-state index contributed by atoms with van der Waals surface area (Å²) in [5.41, 5.74) is 3.50. The molecular weight excluding hydrogens is 438 g/mol. The number of anilines is 1. The molecule has 0 unspecified atom stereocenters. The van der Waals surface area contributed by atoms with Gasteiger partial charge in [0, 0.05) is 31.3 Å². The van der Waals surface area contributed by atoms with Crippen LogP contribution in [0.2, 0.25) is 0 Å². The molecule has 11 nitrogen and oxygen atoms in total. The fraction of sp³-hybridized carbons (Fsp3) is 0.478. The van der Waals surface area contributed by atoms with E-state index >= 15 is 0 Å². The first-order valence-electron chi connectivity index (χ1n) is 11.6. The van der Waals surface area contributed by atoms with Crippen LogP contribution in [-0.2, 0) is 13.6 Å². The van der Waals surface area contributed by atoms with Gasteiger partial charge in [-0.25, -0.2) is 10.2 Å². The summed E-state index contributed by atoms with van der Waals surface area (Å²) in [6.07, 6.45) is 7.84. The van der Waals surface area contributed by atoms with Crippen molar-refractivity contribution in [2.24, 2.45) is 12.1 Å². The van der Waals surface area contributed by atoms with Crippen LogP contribution in [0.25, 0.3) is 11.2 Å². The van der Waals surface area contributed by atoms with Crippen molar-refractivity contribution < 1.29 is 4.92 Å². The number of nitrogens with zero attached hydrogens (tertiary/aromatic N) is 5. The number of rotatable bonds is 12. The zero-order chi connectivity index (χ0) is 24.7. The van der Waals surface area contributed by atoms with Crippen LogP contribution in [0.4, 0.5) is 11.6 Å². The number of aryl methyl sites for hydroxylation is 2. The third kappa shape index (κ3) is 5.77. The Morgan fingerprint density at radius 3 is 2.59 bits per heavy atom. The summed E-state index contributed by atoms with van der Waals surface area (Å²) in [4.78, 5) is 42.1. The Labute approximate surface area is 196 Å². The number of unbranched alkanes of at least 4 members (excludes halogenated alkanes) is 6. The van der Waals surface area contributed by atoms with Crippen LogP contribution in [0.1, 0.15) is 64.4 Å². The molecule has 2 aromatic heterocycles. The predicted octanol–water partition coefficient (Wildman–Crippen LogP) is 3.92. The second-order valence-corrected chi connectivity index (χ2v) is 8.32. The van der Waals surface area contributed by atoms with Gasteiger partial charge < -0.3 is 4.57 Å². The lowest BCUT2D eigenvalue weighted by Gasteiger charge is -2.09. The number of fused-ring (bicyclic) bond motifs is 1. The van der Waals surface area contributed by atoms with Gasteiger partial charge >= 0.3 is 5.69 Å². The standard InChI is InChI=1S/C23H31N7O4/c1-4-5-6-7-8-9-10-14-29-19-20(28(3)23(32)25-21(19)31)24-22(29)27-26-16(2)17-12-11-13-18(15-17)30(33)34/h11-13,15H,4-10,14H2,1-3H3,(H,24,27)(H,25,31,32)/b26-16+. The Bertz CT molecular complexity index is 1300. The first-order valence-corrected chi connectivity index (χ1v) is 11.6. The molecule has 0 radical (unpaired) electrons. The maximum absolute atomic E-state index is 12.6. The average molecular weight is 470 g/mol. The number of hydrogen-bond acceptors (Lipinski definition) is 7. The molecule has 0 atom stereocenters. The number of hydrazone groups is 1. The minimum Gasteiger partial charge on any atom is -0.303 e. The lowest BCUT2D eigenvalue weighted by molar-refractivity contribution is -0.384. The van der Waals surface area contributed by atoms with Gasteiger partial charge in [-0.15, -0.1) is 0 Å². The van der Waals surface area contributed by atoms with Crippen LogP contribution >= 0.6 is 0 Å². The van der Waals surface area contributed by atoms with Gasteiger partial charge in [-0.2, -0.15) is 10.1 Å². The van der Waals surface area contributed by atoms with Crippen molar-refractivity contribution in [2.75, 3.05) is 5.43 Å². The number of benzene rings is 1. The van der Waals surface area contributed by atoms with Gasteiger partial charge in [0.2, 0.25) is 5.95 Å². The van der Waals surface area contributed by atoms with E-state index in [0.717, 1.165) is 19.3 Å². The third-order valence-electron chi connectivity index (χ3n) is 5.79. The summed E-state index contributed by atoms with van der Waals surface area (Å²) in [6.45, 7) is 4.45. The molecule has 11 heteroatoms. The van der Waals surface area contributed by atoms with Gasteiger partial charge in [0.15, 0.2) is 11.2 Å². The lowest BCUT2D eigenvalue weighted by atomic mass is 10.1. The molecule has 0 amide bonds. The van der Waals surface area contributed by atoms with Crippen molar-refractivity contribution in [3.8, 4) is 0 Å². The Balaban J connectivity index is 1.87. The summed E-state index contributed by atoms with van der Waals surface area (Å²) in [5, 5.41) is 15.4. The fourth-order valence-electron chi connectivity index (χ4n) is 3.81. The Kier molecular flexibility index (Phi) is 8.34. The summed E-state index contributed by atoms with van der Waals surface area (Å²) < 4.78 is 3.03. The fourth-order valence-corrected chi connectivity index (χ4v) is 3.81. The minimum absolute atomic E-state index is 0.0280. The Morgan fingerprint density at radius 2 is 1.88 bits per heavy atom. The van der Waals surface area contributed by atoms with Gasteiger partial charge in [0.1, 0.15) is 0 Å². The van der Waals surface area contributed by atoms with Crippen molar-refractivity contribution in [3.63, 3.8) is 0 Å². The van der Waals surface area contributed by atoms with Crippen molar-refractivity contribution >= 4 is 28.5 Å². The highest BCUT2D eigenvalue weighted by molar-refractivity contribution is 5.99. The van der Waals surface area contributed by atoms with Crippen LogP contribution in [-0.4, -0.2) is 29.7 Å². The molecule has 0 bridgehead atoms. The summed E-state index contributed by atoms with van der Waals surface area (Å²) in [7, 11) is 1.55. The number of non-ortho nitro benzene ring substituents is 1. The van der Waals surface area contributed by atoms with Crippen LogP contribution in [0.3, 0.4) is 0 Å². The van der Waals surface area contributed by atoms with Crippen molar-refractivity contribution in [2.45, 2.75) is 65.3 Å². The molecule has 0 spiro atoms. The molecular formula is C23H31N7O4. The van der Waals surface area contributed by atoms with Crippen molar-refractivity contribution in [1.29, 1.82) is 0 Å². The third-order valence-corrected chi connectivity index (χ3v) is 5.79. The molecule has 0 fully saturated rings. The maximum atomic E-state index is 12.6. The van der Waals surface area contributed by atoms with Crippen LogP contribution in [0.15, 0.2) is 39.0 Å². The maximum Gasteiger partial charge on any atom is 0.329 e. The van der Waals surface area contributed by atoms with E-state index in [-0.39, 0.29) is 11.3 Å². The highest BCUT2D eigenvalue weighted by Gasteiger charge is 2.17. The molecule has 2 heterocycles. The summed E-state index contributed by atoms with van der Waals surface area (Å²) in [6, 6.07) is 6.18. The van der Waals surface area contributed by atoms with Crippen LogP contribution < -0.4 is 16.7 Å². The SMILES string of the molecule is CCCCCCCCCn1c(N/N=C(\C)c2cccc([N+](=O)[O-])c2)nc2c1c(=O)[nH]c(=O)n2C. The first kappa shape index (κ1) is 24.9. The number of nitro groups is 1. The van der Waals surface area contributed by atoms with Gasteiger partial charge in [-0.05, 0) is 13.3 Å². The Hall–Kier alpha value is -3.76. The van der Waals surface area contributed by atoms with Crippen LogP contribution in [0.5, 0.6) is 0 Å². The summed E-state index contributed by atoms with van der Waals surface area (Å²) in [5.74, 6) is 0.331. The zero-order valence-electron chi connectivity index (χ0n) is 19.8. The molecule has 182 valence electrons.